The fourth-order valence-corrected chi connectivity index (χ4v) is 1.49. The minimum absolute atomic E-state index is 0.636. The van der Waals surface area contributed by atoms with Gasteiger partial charge in [0.25, 0.3) is 0 Å². The largest absolute Gasteiger partial charge is 0.427 e. The predicted octanol–water partition coefficient (Wildman–Crippen LogP) is 2.63. The Bertz CT molecular complexity index is 151. The van der Waals surface area contributed by atoms with Gasteiger partial charge in [0, 0.05) is 6.61 Å². The third-order valence-electron chi connectivity index (χ3n) is 2.42. The van der Waals surface area contributed by atoms with Gasteiger partial charge in [-0.2, -0.15) is 0 Å². The Hall–Kier alpha value is -0.0900. The van der Waals surface area contributed by atoms with Gasteiger partial charge in [-0.15, -0.1) is 0 Å². The van der Waals surface area contributed by atoms with Crippen LogP contribution >= 0.6 is 0 Å². The number of hydrogen-bond acceptors (Lipinski definition) is 4. The molecule has 14 heavy (non-hydrogen) atoms. The van der Waals surface area contributed by atoms with Crippen LogP contribution in [0.5, 0.6) is 0 Å². The van der Waals surface area contributed by atoms with E-state index >= 15 is 0 Å². The van der Waals surface area contributed by atoms with Crippen molar-refractivity contribution in [2.45, 2.75) is 58.0 Å². The lowest BCUT2D eigenvalue weighted by Gasteiger charge is -2.26. The maximum Gasteiger partial charge on any atom is 0.0597 e. The summed E-state index contributed by atoms with van der Waals surface area (Å²) in [6.07, 6.45) is 10.2. The summed E-state index contributed by atoms with van der Waals surface area (Å²) in [5.74, 6) is 0. The SMILES string of the molecule is CCCCCCCC1CCO1.O=[SH-]=O. The Morgan fingerprint density at radius 2 is 1.79 bits per heavy atom. The van der Waals surface area contributed by atoms with Gasteiger partial charge in [0.2, 0.25) is 0 Å². The van der Waals surface area contributed by atoms with E-state index in [-0.39, 0.29) is 0 Å². The minimum atomic E-state index is -1.08. The molecule has 1 saturated heterocycles. The molecule has 1 rings (SSSR count). The molecule has 3 nitrogen and oxygen atoms in total. The van der Waals surface area contributed by atoms with Crippen LogP contribution < -0.4 is 0 Å². The van der Waals surface area contributed by atoms with Crippen LogP contribution in [0, 0.1) is 0 Å². The van der Waals surface area contributed by atoms with Gasteiger partial charge in [-0.3, -0.25) is 0 Å². The molecule has 1 heterocycles. The first-order valence-electron chi connectivity index (χ1n) is 5.41. The van der Waals surface area contributed by atoms with E-state index in [1.54, 1.807) is 0 Å². The van der Waals surface area contributed by atoms with Crippen LogP contribution in [0.4, 0.5) is 0 Å². The van der Waals surface area contributed by atoms with Gasteiger partial charge < -0.3 is 13.2 Å². The highest BCUT2D eigenvalue weighted by molar-refractivity contribution is 7.51. The second-order valence-electron chi connectivity index (χ2n) is 3.56. The second-order valence-corrected chi connectivity index (χ2v) is 3.71. The normalized spacial score (nSPS) is 19.4. The van der Waals surface area contributed by atoms with E-state index in [9.17, 15) is 0 Å². The Morgan fingerprint density at radius 3 is 2.21 bits per heavy atom. The summed E-state index contributed by atoms with van der Waals surface area (Å²) < 4.78 is 22.0. The first kappa shape index (κ1) is 13.9. The lowest BCUT2D eigenvalue weighted by Crippen LogP contribution is -2.26. The van der Waals surface area contributed by atoms with Crippen molar-refractivity contribution in [3.63, 3.8) is 0 Å². The van der Waals surface area contributed by atoms with E-state index < -0.39 is 11.6 Å². The van der Waals surface area contributed by atoms with Crippen LogP contribution in [0.1, 0.15) is 51.9 Å². The summed E-state index contributed by atoms with van der Waals surface area (Å²) in [4.78, 5) is 0. The average Bonchev–Trinajstić information content (AvgIpc) is 2.09. The first-order chi connectivity index (χ1) is 6.85. The van der Waals surface area contributed by atoms with Crippen LogP contribution in [0.15, 0.2) is 0 Å². The van der Waals surface area contributed by atoms with Gasteiger partial charge in [0.1, 0.15) is 0 Å². The van der Waals surface area contributed by atoms with Crippen LogP contribution in [0.25, 0.3) is 0 Å². The smallest absolute Gasteiger partial charge is 0.0597 e. The monoisotopic (exact) mass is 221 g/mol. The summed E-state index contributed by atoms with van der Waals surface area (Å²) in [6, 6.07) is 0. The molecule has 0 amide bonds. The average molecular weight is 221 g/mol. The maximum absolute atomic E-state index is 8.35. The molecule has 1 aliphatic rings. The number of thiol groups is 1. The van der Waals surface area contributed by atoms with Crippen LogP contribution in [-0.2, 0) is 24.7 Å². The molecule has 1 aliphatic heterocycles. The van der Waals surface area contributed by atoms with E-state index in [4.69, 9.17) is 13.2 Å². The molecule has 0 radical (unpaired) electrons. The van der Waals surface area contributed by atoms with Crippen molar-refractivity contribution in [2.75, 3.05) is 6.61 Å². The molecule has 86 valence electrons. The third-order valence-corrected chi connectivity index (χ3v) is 2.42. The van der Waals surface area contributed by atoms with Crippen molar-refractivity contribution in [1.82, 2.24) is 0 Å². The Labute approximate surface area is 89.8 Å². The molecule has 0 bridgehead atoms. The van der Waals surface area contributed by atoms with E-state index in [1.807, 2.05) is 0 Å². The fraction of sp³-hybridized carbons (Fsp3) is 1.00. The molecule has 1 fully saturated rings. The van der Waals surface area contributed by atoms with Crippen molar-refractivity contribution in [1.29, 1.82) is 0 Å². The predicted molar refractivity (Wildman–Crippen MR) is 57.9 cm³/mol. The van der Waals surface area contributed by atoms with Gasteiger partial charge >= 0.3 is 0 Å². The zero-order valence-corrected chi connectivity index (χ0v) is 9.80. The summed E-state index contributed by atoms with van der Waals surface area (Å²) in [6.45, 7) is 3.27. The molecule has 0 saturated carbocycles. The summed E-state index contributed by atoms with van der Waals surface area (Å²) in [5, 5.41) is 0. The molecule has 4 heteroatoms. The molecular formula is C10H21O3S-. The zero-order valence-electron chi connectivity index (χ0n) is 8.91. The van der Waals surface area contributed by atoms with Crippen molar-refractivity contribution < 1.29 is 13.2 Å². The standard InChI is InChI=1S/C10H20O.HO2S/c1-2-3-4-5-6-7-10-8-9-11-10;1-3-2/h10H,2-9H2,1H3;3H/q;-1. The molecule has 1 unspecified atom stereocenters. The van der Waals surface area contributed by atoms with Gasteiger partial charge in [-0.1, -0.05) is 50.6 Å². The van der Waals surface area contributed by atoms with E-state index in [0.29, 0.717) is 6.10 Å². The minimum Gasteiger partial charge on any atom is -0.427 e. The topological polar surface area (TPSA) is 43.4 Å². The number of ether oxygens (including phenoxy) is 1. The van der Waals surface area contributed by atoms with Crippen molar-refractivity contribution in [3.05, 3.63) is 0 Å². The highest BCUT2D eigenvalue weighted by Gasteiger charge is 2.16. The highest BCUT2D eigenvalue weighted by Crippen LogP contribution is 2.18. The molecule has 0 N–H and O–H groups in total. The van der Waals surface area contributed by atoms with Gasteiger partial charge in [0.15, 0.2) is 0 Å². The first-order valence-corrected chi connectivity index (χ1v) is 6.14. The Morgan fingerprint density at radius 1 is 1.21 bits per heavy atom. The summed E-state index contributed by atoms with van der Waals surface area (Å²) in [5.41, 5.74) is 0. The van der Waals surface area contributed by atoms with E-state index in [1.165, 1.54) is 44.9 Å². The van der Waals surface area contributed by atoms with Gasteiger partial charge in [0.05, 0.1) is 6.10 Å². The molecule has 1 atom stereocenters. The van der Waals surface area contributed by atoms with Crippen LogP contribution in [-0.4, -0.2) is 12.7 Å². The van der Waals surface area contributed by atoms with Crippen molar-refractivity contribution in [3.8, 4) is 0 Å². The van der Waals surface area contributed by atoms with Gasteiger partial charge in [-0.05, 0) is 12.8 Å². The molecule has 0 aromatic rings. The second kappa shape index (κ2) is 11.0. The Kier molecular flexibility index (Phi) is 10.9. The van der Waals surface area contributed by atoms with E-state index in [0.717, 1.165) is 6.61 Å². The summed E-state index contributed by atoms with van der Waals surface area (Å²) >= 11 is -1.08. The number of rotatable bonds is 6. The lowest BCUT2D eigenvalue weighted by molar-refractivity contribution is -0.0555. The van der Waals surface area contributed by atoms with Crippen LogP contribution in [0.2, 0.25) is 0 Å². The van der Waals surface area contributed by atoms with Gasteiger partial charge in [-0.25, -0.2) is 0 Å². The quantitative estimate of drug-likeness (QED) is 0.393. The zero-order chi connectivity index (χ0) is 10.6. The summed E-state index contributed by atoms with van der Waals surface area (Å²) in [7, 11) is 0. The van der Waals surface area contributed by atoms with Crippen molar-refractivity contribution >= 4 is 11.6 Å². The molecular weight excluding hydrogens is 200 g/mol. The molecule has 0 aromatic heterocycles. The lowest BCUT2D eigenvalue weighted by atomic mass is 10.0. The number of hydrogen-bond donors (Lipinski definition) is 0. The maximum atomic E-state index is 8.35. The fourth-order valence-electron chi connectivity index (χ4n) is 1.49. The third kappa shape index (κ3) is 8.51. The molecule has 0 aliphatic carbocycles. The highest BCUT2D eigenvalue weighted by atomic mass is 32.1. The number of unbranched alkanes of at least 4 members (excludes halogenated alkanes) is 4. The molecule has 0 spiro atoms. The molecule has 0 aromatic carbocycles. The van der Waals surface area contributed by atoms with E-state index in [2.05, 4.69) is 6.92 Å². The van der Waals surface area contributed by atoms with Crippen LogP contribution in [0.3, 0.4) is 0 Å². The Balaban J connectivity index is 0.000000500. The van der Waals surface area contributed by atoms with Crippen molar-refractivity contribution in [2.24, 2.45) is 0 Å².